The summed E-state index contributed by atoms with van der Waals surface area (Å²) in [5.74, 6) is 0.719. The molecular formula is C24H26N4O. The molecule has 3 aromatic rings. The lowest BCUT2D eigenvalue weighted by Crippen LogP contribution is -2.39. The van der Waals surface area contributed by atoms with Gasteiger partial charge >= 0.3 is 0 Å². The Labute approximate surface area is 171 Å². The number of piperidine rings is 1. The predicted octanol–water partition coefficient (Wildman–Crippen LogP) is 4.18. The summed E-state index contributed by atoms with van der Waals surface area (Å²) in [4.78, 5) is 23.2. The van der Waals surface area contributed by atoms with Crippen molar-refractivity contribution in [2.24, 2.45) is 5.92 Å². The number of anilines is 1. The number of nitrogens with one attached hydrogen (secondary N) is 1. The number of benzene rings is 1. The van der Waals surface area contributed by atoms with Crippen LogP contribution in [0.5, 0.6) is 0 Å². The lowest BCUT2D eigenvalue weighted by Gasteiger charge is -2.32. The van der Waals surface area contributed by atoms with Gasteiger partial charge in [-0.25, -0.2) is 0 Å². The van der Waals surface area contributed by atoms with Gasteiger partial charge in [-0.1, -0.05) is 30.3 Å². The summed E-state index contributed by atoms with van der Waals surface area (Å²) < 4.78 is 0. The molecule has 0 bridgehead atoms. The van der Waals surface area contributed by atoms with Gasteiger partial charge in [0.1, 0.15) is 0 Å². The first kappa shape index (κ1) is 19.1. The van der Waals surface area contributed by atoms with Gasteiger partial charge in [0.05, 0.1) is 11.3 Å². The van der Waals surface area contributed by atoms with Crippen molar-refractivity contribution in [3.05, 3.63) is 90.0 Å². The fourth-order valence-corrected chi connectivity index (χ4v) is 3.83. The van der Waals surface area contributed by atoms with Gasteiger partial charge in [0.25, 0.3) is 5.91 Å². The number of nitrogens with zero attached hydrogens (tertiary/aromatic N) is 3. The minimum absolute atomic E-state index is 0.0724. The average molecular weight is 386 g/mol. The van der Waals surface area contributed by atoms with Gasteiger partial charge < -0.3 is 10.2 Å². The molecule has 0 radical (unpaired) electrons. The SMILES string of the molecule is O=C(c1cncc(NCc2ccncc2)c1)N1CCC(Cc2ccccc2)CC1. The van der Waals surface area contributed by atoms with Crippen LogP contribution in [0, 0.1) is 5.92 Å². The Kier molecular flexibility index (Phi) is 6.15. The quantitative estimate of drug-likeness (QED) is 0.690. The molecule has 0 saturated carbocycles. The Hall–Kier alpha value is -3.21. The van der Waals surface area contributed by atoms with Crippen LogP contribution >= 0.6 is 0 Å². The van der Waals surface area contributed by atoms with Gasteiger partial charge in [0.15, 0.2) is 0 Å². The largest absolute Gasteiger partial charge is 0.380 e. The van der Waals surface area contributed by atoms with Gasteiger partial charge in [0, 0.05) is 44.4 Å². The number of amides is 1. The zero-order valence-electron chi connectivity index (χ0n) is 16.5. The average Bonchev–Trinajstić information content (AvgIpc) is 2.79. The second-order valence-corrected chi connectivity index (χ2v) is 7.60. The van der Waals surface area contributed by atoms with E-state index in [9.17, 15) is 4.79 Å². The van der Waals surface area contributed by atoms with Crippen molar-refractivity contribution in [3.63, 3.8) is 0 Å². The second-order valence-electron chi connectivity index (χ2n) is 7.60. The molecule has 3 heterocycles. The molecule has 5 heteroatoms. The third-order valence-corrected chi connectivity index (χ3v) is 5.50. The summed E-state index contributed by atoms with van der Waals surface area (Å²) >= 11 is 0. The molecule has 1 aliphatic rings. The van der Waals surface area contributed by atoms with Crippen LogP contribution in [0.15, 0.2) is 73.3 Å². The Balaban J connectivity index is 1.31. The maximum Gasteiger partial charge on any atom is 0.255 e. The molecule has 1 N–H and O–H groups in total. The van der Waals surface area contributed by atoms with Crippen LogP contribution in [-0.4, -0.2) is 33.9 Å². The van der Waals surface area contributed by atoms with E-state index in [0.29, 0.717) is 18.0 Å². The number of hydrogen-bond acceptors (Lipinski definition) is 4. The molecule has 1 aliphatic heterocycles. The van der Waals surface area contributed by atoms with Gasteiger partial charge in [0.2, 0.25) is 0 Å². The first-order valence-electron chi connectivity index (χ1n) is 10.2. The third-order valence-electron chi connectivity index (χ3n) is 5.50. The molecule has 1 aromatic carbocycles. The van der Waals surface area contributed by atoms with E-state index in [1.165, 1.54) is 5.56 Å². The summed E-state index contributed by atoms with van der Waals surface area (Å²) in [7, 11) is 0. The number of aromatic nitrogens is 2. The number of hydrogen-bond donors (Lipinski definition) is 1. The molecule has 1 amide bonds. The van der Waals surface area contributed by atoms with Gasteiger partial charge in [-0.15, -0.1) is 0 Å². The zero-order valence-corrected chi connectivity index (χ0v) is 16.5. The molecule has 4 rings (SSSR count). The fourth-order valence-electron chi connectivity index (χ4n) is 3.83. The number of carbonyl (C=O) groups is 1. The zero-order chi connectivity index (χ0) is 19.9. The summed E-state index contributed by atoms with van der Waals surface area (Å²) in [6.07, 6.45) is 10.2. The lowest BCUT2D eigenvalue weighted by atomic mass is 9.90. The highest BCUT2D eigenvalue weighted by Crippen LogP contribution is 2.23. The van der Waals surface area contributed by atoms with E-state index >= 15 is 0 Å². The molecule has 0 aliphatic carbocycles. The topological polar surface area (TPSA) is 58.1 Å². The summed E-state index contributed by atoms with van der Waals surface area (Å²) in [6.45, 7) is 2.29. The normalized spacial score (nSPS) is 14.6. The standard InChI is InChI=1S/C24H26N4O/c29-24(28-12-8-20(9-13-28)14-19-4-2-1-3-5-19)22-15-23(18-26-17-22)27-16-21-6-10-25-11-7-21/h1-7,10-11,15,17-18,20,27H,8-9,12-14,16H2. The van der Waals surface area contributed by atoms with Crippen LogP contribution in [0.1, 0.15) is 34.3 Å². The van der Waals surface area contributed by atoms with E-state index in [1.54, 1.807) is 24.8 Å². The van der Waals surface area contributed by atoms with Crippen molar-refractivity contribution in [1.29, 1.82) is 0 Å². The summed E-state index contributed by atoms with van der Waals surface area (Å²) in [6, 6.07) is 16.4. The van der Waals surface area contributed by atoms with Crippen LogP contribution in [0.2, 0.25) is 0 Å². The van der Waals surface area contributed by atoms with Gasteiger partial charge in [-0.05, 0) is 54.5 Å². The molecular weight excluding hydrogens is 360 g/mol. The summed E-state index contributed by atoms with van der Waals surface area (Å²) in [5.41, 5.74) is 4.02. The third kappa shape index (κ3) is 5.19. The van der Waals surface area contributed by atoms with E-state index in [1.807, 2.05) is 23.1 Å². The van der Waals surface area contributed by atoms with Crippen LogP contribution in [0.25, 0.3) is 0 Å². The molecule has 2 aromatic heterocycles. The number of likely N-dealkylation sites (tertiary alicyclic amines) is 1. The lowest BCUT2D eigenvalue weighted by molar-refractivity contribution is 0.0690. The Morgan fingerprint density at radius 3 is 2.48 bits per heavy atom. The Morgan fingerprint density at radius 1 is 0.966 bits per heavy atom. The number of carbonyl (C=O) groups excluding carboxylic acids is 1. The monoisotopic (exact) mass is 386 g/mol. The van der Waals surface area contributed by atoms with Gasteiger partial charge in [-0.3, -0.25) is 14.8 Å². The minimum atomic E-state index is 0.0724. The van der Waals surface area contributed by atoms with Crippen molar-refractivity contribution in [3.8, 4) is 0 Å². The van der Waals surface area contributed by atoms with E-state index in [0.717, 1.165) is 43.6 Å². The van der Waals surface area contributed by atoms with Gasteiger partial charge in [-0.2, -0.15) is 0 Å². The maximum absolute atomic E-state index is 12.9. The summed E-state index contributed by atoms with van der Waals surface area (Å²) in [5, 5.41) is 3.33. The highest BCUT2D eigenvalue weighted by molar-refractivity contribution is 5.94. The first-order chi connectivity index (χ1) is 14.3. The second kappa shape index (κ2) is 9.32. The Bertz CT molecular complexity index is 922. The molecule has 0 atom stereocenters. The highest BCUT2D eigenvalue weighted by atomic mass is 16.2. The van der Waals surface area contributed by atoms with E-state index in [4.69, 9.17) is 0 Å². The number of rotatable bonds is 6. The van der Waals surface area contributed by atoms with Crippen molar-refractivity contribution >= 4 is 11.6 Å². The van der Waals surface area contributed by atoms with Crippen LogP contribution < -0.4 is 5.32 Å². The smallest absolute Gasteiger partial charge is 0.255 e. The van der Waals surface area contributed by atoms with E-state index in [-0.39, 0.29) is 5.91 Å². The van der Waals surface area contributed by atoms with Crippen molar-refractivity contribution in [2.45, 2.75) is 25.8 Å². The molecule has 0 unspecified atom stereocenters. The van der Waals surface area contributed by atoms with Crippen molar-refractivity contribution < 1.29 is 4.79 Å². The maximum atomic E-state index is 12.9. The molecule has 1 saturated heterocycles. The predicted molar refractivity (Wildman–Crippen MR) is 115 cm³/mol. The van der Waals surface area contributed by atoms with E-state index in [2.05, 4.69) is 45.6 Å². The molecule has 5 nitrogen and oxygen atoms in total. The van der Waals surface area contributed by atoms with Crippen molar-refractivity contribution in [1.82, 2.24) is 14.9 Å². The molecule has 29 heavy (non-hydrogen) atoms. The fraction of sp³-hybridized carbons (Fsp3) is 0.292. The molecule has 1 fully saturated rings. The first-order valence-corrected chi connectivity index (χ1v) is 10.2. The molecule has 148 valence electrons. The minimum Gasteiger partial charge on any atom is -0.380 e. The van der Waals surface area contributed by atoms with Crippen LogP contribution in [-0.2, 0) is 13.0 Å². The Morgan fingerprint density at radius 2 is 1.72 bits per heavy atom. The van der Waals surface area contributed by atoms with Crippen LogP contribution in [0.4, 0.5) is 5.69 Å². The van der Waals surface area contributed by atoms with E-state index < -0.39 is 0 Å². The number of pyridine rings is 2. The van der Waals surface area contributed by atoms with Crippen LogP contribution in [0.3, 0.4) is 0 Å². The highest BCUT2D eigenvalue weighted by Gasteiger charge is 2.24. The molecule has 0 spiro atoms. The van der Waals surface area contributed by atoms with Crippen molar-refractivity contribution in [2.75, 3.05) is 18.4 Å².